The number of non-ortho nitro benzene ring substituents is 1. The van der Waals surface area contributed by atoms with E-state index in [9.17, 15) is 24.5 Å². The highest BCUT2D eigenvalue weighted by Crippen LogP contribution is 2.17. The molecule has 0 saturated heterocycles. The Labute approximate surface area is 160 Å². The summed E-state index contributed by atoms with van der Waals surface area (Å²) in [7, 11) is 0. The molecule has 146 valence electrons. The second-order valence-electron chi connectivity index (χ2n) is 5.93. The molecule has 0 heterocycles. The number of anilines is 2. The Hall–Kier alpha value is -3.75. The molecule has 2 amide bonds. The predicted octanol–water partition coefficient (Wildman–Crippen LogP) is 2.80. The molecule has 2 aromatic rings. The molecule has 0 radical (unpaired) electrons. The van der Waals surface area contributed by atoms with E-state index in [2.05, 4.69) is 10.6 Å². The third kappa shape index (κ3) is 6.87. The van der Waals surface area contributed by atoms with Crippen LogP contribution in [0.1, 0.15) is 18.4 Å². The topological polar surface area (TPSA) is 128 Å². The number of nitrogens with one attached hydrogen (secondary N) is 2. The number of hydrogen-bond acceptors (Lipinski definition) is 6. The van der Waals surface area contributed by atoms with Crippen molar-refractivity contribution in [1.82, 2.24) is 0 Å². The van der Waals surface area contributed by atoms with Gasteiger partial charge in [0.2, 0.25) is 5.91 Å². The highest BCUT2D eigenvalue weighted by molar-refractivity contribution is 5.94. The molecule has 0 aromatic heterocycles. The van der Waals surface area contributed by atoms with Crippen molar-refractivity contribution in [2.45, 2.75) is 19.8 Å². The minimum absolute atomic E-state index is 0.0841. The molecule has 0 aliphatic carbocycles. The van der Waals surface area contributed by atoms with Gasteiger partial charge in [0.05, 0.1) is 11.3 Å². The number of carbonyl (C=O) groups is 3. The third-order valence-electron chi connectivity index (χ3n) is 3.56. The van der Waals surface area contributed by atoms with Crippen LogP contribution in [0.25, 0.3) is 0 Å². The zero-order valence-corrected chi connectivity index (χ0v) is 15.1. The smallest absolute Gasteiger partial charge is 0.306 e. The number of nitro benzene ring substituents is 1. The van der Waals surface area contributed by atoms with E-state index >= 15 is 0 Å². The highest BCUT2D eigenvalue weighted by Gasteiger charge is 2.12. The number of hydrogen-bond donors (Lipinski definition) is 2. The van der Waals surface area contributed by atoms with Crippen LogP contribution in [0.3, 0.4) is 0 Å². The summed E-state index contributed by atoms with van der Waals surface area (Å²) in [6.45, 7) is 1.34. The molecule has 0 spiro atoms. The van der Waals surface area contributed by atoms with Gasteiger partial charge in [0, 0.05) is 29.9 Å². The summed E-state index contributed by atoms with van der Waals surface area (Å²) in [5.74, 6) is -1.68. The summed E-state index contributed by atoms with van der Waals surface area (Å²) in [6.07, 6.45) is -0.263. The number of aryl methyl sites for hydroxylation is 1. The summed E-state index contributed by atoms with van der Waals surface area (Å²) in [5, 5.41) is 15.8. The largest absolute Gasteiger partial charge is 0.456 e. The number of carbonyl (C=O) groups excluding carboxylic acids is 3. The lowest BCUT2D eigenvalue weighted by Gasteiger charge is -2.07. The van der Waals surface area contributed by atoms with Crippen LogP contribution in [-0.2, 0) is 19.1 Å². The molecule has 2 rings (SSSR count). The zero-order chi connectivity index (χ0) is 20.5. The van der Waals surface area contributed by atoms with E-state index in [4.69, 9.17) is 4.74 Å². The number of esters is 1. The molecular formula is C19H19N3O6. The first-order valence-corrected chi connectivity index (χ1v) is 8.40. The maximum Gasteiger partial charge on any atom is 0.306 e. The summed E-state index contributed by atoms with van der Waals surface area (Å²) < 4.78 is 4.81. The Bertz CT molecular complexity index is 897. The third-order valence-corrected chi connectivity index (χ3v) is 3.56. The van der Waals surface area contributed by atoms with Gasteiger partial charge >= 0.3 is 5.97 Å². The average molecular weight is 385 g/mol. The second-order valence-corrected chi connectivity index (χ2v) is 5.93. The molecule has 2 aromatic carbocycles. The van der Waals surface area contributed by atoms with Crippen molar-refractivity contribution < 1.29 is 24.0 Å². The first-order chi connectivity index (χ1) is 13.3. The van der Waals surface area contributed by atoms with E-state index < -0.39 is 23.4 Å². The van der Waals surface area contributed by atoms with Crippen molar-refractivity contribution in [2.75, 3.05) is 17.2 Å². The standard InChI is InChI=1S/C19H19N3O6/c1-13-4-2-5-14(10-13)20-17(23)8-9-19(25)28-12-18(24)21-15-6-3-7-16(11-15)22(26)27/h2-7,10-11H,8-9,12H2,1H3,(H,20,23)(H,21,24). The van der Waals surface area contributed by atoms with Crippen LogP contribution in [0.2, 0.25) is 0 Å². The van der Waals surface area contributed by atoms with Crippen LogP contribution < -0.4 is 10.6 Å². The Morgan fingerprint density at radius 1 is 0.964 bits per heavy atom. The fraction of sp³-hybridized carbons (Fsp3) is 0.211. The minimum atomic E-state index is -0.700. The van der Waals surface area contributed by atoms with Gasteiger partial charge in [-0.25, -0.2) is 0 Å². The zero-order valence-electron chi connectivity index (χ0n) is 15.1. The van der Waals surface area contributed by atoms with E-state index in [0.29, 0.717) is 5.69 Å². The van der Waals surface area contributed by atoms with Crippen molar-refractivity contribution in [3.63, 3.8) is 0 Å². The summed E-state index contributed by atoms with van der Waals surface area (Å²) in [4.78, 5) is 45.4. The van der Waals surface area contributed by atoms with E-state index in [0.717, 1.165) is 5.56 Å². The number of nitro groups is 1. The summed E-state index contributed by atoms with van der Waals surface area (Å²) in [5.41, 5.74) is 1.67. The number of ether oxygens (including phenoxy) is 1. The lowest BCUT2D eigenvalue weighted by Crippen LogP contribution is -2.21. The summed E-state index contributed by atoms with van der Waals surface area (Å²) in [6, 6.07) is 12.6. The van der Waals surface area contributed by atoms with E-state index in [1.165, 1.54) is 24.3 Å². The van der Waals surface area contributed by atoms with Gasteiger partial charge in [-0.05, 0) is 30.7 Å². The van der Waals surface area contributed by atoms with Crippen molar-refractivity contribution in [3.05, 3.63) is 64.2 Å². The first kappa shape index (κ1) is 20.6. The number of amides is 2. The van der Waals surface area contributed by atoms with Crippen molar-refractivity contribution in [1.29, 1.82) is 0 Å². The van der Waals surface area contributed by atoms with Gasteiger partial charge in [-0.2, -0.15) is 0 Å². The summed E-state index contributed by atoms with van der Waals surface area (Å²) >= 11 is 0. The van der Waals surface area contributed by atoms with Crippen LogP contribution in [0, 0.1) is 17.0 Å². The normalized spacial score (nSPS) is 10.0. The molecule has 0 aliphatic heterocycles. The number of nitrogens with zero attached hydrogens (tertiary/aromatic N) is 1. The Morgan fingerprint density at radius 2 is 1.61 bits per heavy atom. The van der Waals surface area contributed by atoms with E-state index in [-0.39, 0.29) is 30.1 Å². The van der Waals surface area contributed by atoms with Gasteiger partial charge in [-0.3, -0.25) is 24.5 Å². The Kier molecular flexibility index (Phi) is 7.21. The van der Waals surface area contributed by atoms with Crippen LogP contribution in [0.15, 0.2) is 48.5 Å². The molecule has 0 saturated carbocycles. The molecule has 9 nitrogen and oxygen atoms in total. The van der Waals surface area contributed by atoms with Crippen LogP contribution in [0.4, 0.5) is 17.1 Å². The molecule has 9 heteroatoms. The molecular weight excluding hydrogens is 366 g/mol. The van der Waals surface area contributed by atoms with E-state index in [1.54, 1.807) is 18.2 Å². The number of rotatable bonds is 8. The minimum Gasteiger partial charge on any atom is -0.456 e. The van der Waals surface area contributed by atoms with Gasteiger partial charge in [0.15, 0.2) is 6.61 Å². The Balaban J connectivity index is 1.71. The van der Waals surface area contributed by atoms with Crippen LogP contribution in [0.5, 0.6) is 0 Å². The van der Waals surface area contributed by atoms with Gasteiger partial charge in [0.1, 0.15) is 0 Å². The molecule has 0 fully saturated rings. The van der Waals surface area contributed by atoms with Gasteiger partial charge in [-0.1, -0.05) is 18.2 Å². The quantitative estimate of drug-likeness (QED) is 0.408. The van der Waals surface area contributed by atoms with Gasteiger partial charge < -0.3 is 15.4 Å². The lowest BCUT2D eigenvalue weighted by molar-refractivity contribution is -0.384. The Morgan fingerprint density at radius 3 is 2.29 bits per heavy atom. The van der Waals surface area contributed by atoms with Gasteiger partial charge in [0.25, 0.3) is 11.6 Å². The molecule has 0 bridgehead atoms. The highest BCUT2D eigenvalue weighted by atomic mass is 16.6. The van der Waals surface area contributed by atoms with Crippen molar-refractivity contribution >= 4 is 34.8 Å². The van der Waals surface area contributed by atoms with Gasteiger partial charge in [-0.15, -0.1) is 0 Å². The second kappa shape index (κ2) is 9.81. The molecule has 0 aliphatic rings. The van der Waals surface area contributed by atoms with Crippen LogP contribution >= 0.6 is 0 Å². The molecule has 0 atom stereocenters. The van der Waals surface area contributed by atoms with E-state index in [1.807, 2.05) is 13.0 Å². The van der Waals surface area contributed by atoms with Crippen LogP contribution in [-0.4, -0.2) is 29.3 Å². The fourth-order valence-corrected chi connectivity index (χ4v) is 2.27. The SMILES string of the molecule is Cc1cccc(NC(=O)CCC(=O)OCC(=O)Nc2cccc([N+](=O)[O-])c2)c1. The maximum absolute atomic E-state index is 11.8. The maximum atomic E-state index is 11.8. The lowest BCUT2D eigenvalue weighted by atomic mass is 10.2. The van der Waals surface area contributed by atoms with Crippen molar-refractivity contribution in [2.24, 2.45) is 0 Å². The monoisotopic (exact) mass is 385 g/mol. The van der Waals surface area contributed by atoms with Crippen molar-refractivity contribution in [3.8, 4) is 0 Å². The molecule has 28 heavy (non-hydrogen) atoms. The number of benzene rings is 2. The molecule has 0 unspecified atom stereocenters. The molecule has 2 N–H and O–H groups in total. The fourth-order valence-electron chi connectivity index (χ4n) is 2.27. The average Bonchev–Trinajstić information content (AvgIpc) is 2.65. The predicted molar refractivity (Wildman–Crippen MR) is 102 cm³/mol. The first-order valence-electron chi connectivity index (χ1n) is 8.40.